The summed E-state index contributed by atoms with van der Waals surface area (Å²) in [7, 11) is 0. The molecule has 1 amide bonds. The van der Waals surface area contributed by atoms with E-state index in [0.717, 1.165) is 41.0 Å². The Bertz CT molecular complexity index is 873. The third-order valence-electron chi connectivity index (χ3n) is 4.87. The van der Waals surface area contributed by atoms with Gasteiger partial charge in [0.25, 0.3) is 0 Å². The molecule has 1 N–H and O–H groups in total. The molecule has 0 saturated carbocycles. The first-order valence-electron chi connectivity index (χ1n) is 8.54. The highest BCUT2D eigenvalue weighted by Gasteiger charge is 2.28. The summed E-state index contributed by atoms with van der Waals surface area (Å²) in [4.78, 5) is 19.0. The number of amides is 1. The van der Waals surface area contributed by atoms with Crippen molar-refractivity contribution in [3.63, 3.8) is 0 Å². The number of pyridine rings is 1. The molecule has 25 heavy (non-hydrogen) atoms. The number of H-pyrrole nitrogens is 1. The van der Waals surface area contributed by atoms with Crippen LogP contribution in [-0.4, -0.2) is 32.5 Å². The lowest BCUT2D eigenvalue weighted by Crippen LogP contribution is -2.38. The first-order chi connectivity index (χ1) is 12.2. The minimum atomic E-state index is -0.140. The van der Waals surface area contributed by atoms with E-state index in [1.165, 1.54) is 0 Å². The number of carbonyl (C=O) groups excluding carboxylic acids is 1. The molecule has 5 nitrogen and oxygen atoms in total. The van der Waals surface area contributed by atoms with Crippen LogP contribution in [-0.2, 0) is 17.8 Å². The normalized spacial score (nSPS) is 14.8. The van der Waals surface area contributed by atoms with E-state index in [1.807, 2.05) is 54.3 Å². The highest BCUT2D eigenvalue weighted by Crippen LogP contribution is 2.29. The van der Waals surface area contributed by atoms with Gasteiger partial charge < -0.3 is 4.90 Å². The van der Waals surface area contributed by atoms with Crippen molar-refractivity contribution < 1.29 is 4.79 Å². The Labute approximate surface area is 146 Å². The van der Waals surface area contributed by atoms with Crippen LogP contribution in [0.2, 0.25) is 0 Å². The SMILES string of the molecule is CC(C(=O)N1CCc2[nH]nc(-c3ccncc3)c2C1)c1ccccc1. The van der Waals surface area contributed by atoms with E-state index in [0.29, 0.717) is 6.54 Å². The summed E-state index contributed by atoms with van der Waals surface area (Å²) in [5, 5.41) is 7.61. The van der Waals surface area contributed by atoms with Crippen LogP contribution < -0.4 is 0 Å². The molecule has 0 bridgehead atoms. The molecule has 0 saturated heterocycles. The second kappa shape index (κ2) is 6.51. The first kappa shape index (κ1) is 15.6. The average molecular weight is 332 g/mol. The minimum Gasteiger partial charge on any atom is -0.337 e. The van der Waals surface area contributed by atoms with Gasteiger partial charge in [0.05, 0.1) is 11.6 Å². The quantitative estimate of drug-likeness (QED) is 0.801. The lowest BCUT2D eigenvalue weighted by atomic mass is 9.97. The molecule has 2 aromatic heterocycles. The van der Waals surface area contributed by atoms with Crippen LogP contribution >= 0.6 is 0 Å². The van der Waals surface area contributed by atoms with Crippen LogP contribution in [0.5, 0.6) is 0 Å². The zero-order valence-corrected chi connectivity index (χ0v) is 14.1. The van der Waals surface area contributed by atoms with E-state index in [1.54, 1.807) is 12.4 Å². The number of hydrogen-bond donors (Lipinski definition) is 1. The van der Waals surface area contributed by atoms with E-state index in [4.69, 9.17) is 0 Å². The van der Waals surface area contributed by atoms with Gasteiger partial charge in [-0.3, -0.25) is 14.9 Å². The fourth-order valence-electron chi connectivity index (χ4n) is 3.39. The molecule has 0 radical (unpaired) electrons. The Morgan fingerprint density at radius 1 is 1.16 bits per heavy atom. The van der Waals surface area contributed by atoms with Gasteiger partial charge in [-0.05, 0) is 24.6 Å². The number of aromatic nitrogens is 3. The summed E-state index contributed by atoms with van der Waals surface area (Å²) >= 11 is 0. The Kier molecular flexibility index (Phi) is 4.06. The van der Waals surface area contributed by atoms with Crippen LogP contribution in [0, 0.1) is 0 Å². The van der Waals surface area contributed by atoms with Gasteiger partial charge >= 0.3 is 0 Å². The van der Waals surface area contributed by atoms with Crippen LogP contribution in [0.3, 0.4) is 0 Å². The fourth-order valence-corrected chi connectivity index (χ4v) is 3.39. The van der Waals surface area contributed by atoms with Crippen molar-refractivity contribution in [3.8, 4) is 11.3 Å². The van der Waals surface area contributed by atoms with Gasteiger partial charge in [0, 0.05) is 48.7 Å². The molecule has 5 heteroatoms. The van der Waals surface area contributed by atoms with Crippen LogP contribution in [0.1, 0.15) is 29.7 Å². The molecule has 0 aliphatic carbocycles. The van der Waals surface area contributed by atoms with E-state index < -0.39 is 0 Å². The summed E-state index contributed by atoms with van der Waals surface area (Å²) in [5.41, 5.74) is 5.24. The van der Waals surface area contributed by atoms with Crippen LogP contribution in [0.25, 0.3) is 11.3 Å². The van der Waals surface area contributed by atoms with E-state index >= 15 is 0 Å². The van der Waals surface area contributed by atoms with E-state index in [-0.39, 0.29) is 11.8 Å². The fraction of sp³-hybridized carbons (Fsp3) is 0.250. The predicted octanol–water partition coefficient (Wildman–Crippen LogP) is 3.16. The Morgan fingerprint density at radius 3 is 2.68 bits per heavy atom. The number of hydrogen-bond acceptors (Lipinski definition) is 3. The summed E-state index contributed by atoms with van der Waals surface area (Å²) in [6, 6.07) is 13.8. The topological polar surface area (TPSA) is 61.9 Å². The van der Waals surface area contributed by atoms with Crippen LogP contribution in [0.15, 0.2) is 54.9 Å². The molecular formula is C20H20N4O. The van der Waals surface area contributed by atoms with Crippen molar-refractivity contribution in [2.45, 2.75) is 25.8 Å². The van der Waals surface area contributed by atoms with Gasteiger partial charge in [0.2, 0.25) is 5.91 Å². The van der Waals surface area contributed by atoms with Crippen LogP contribution in [0.4, 0.5) is 0 Å². The average Bonchev–Trinajstić information content (AvgIpc) is 3.11. The lowest BCUT2D eigenvalue weighted by molar-refractivity contribution is -0.133. The Hall–Kier alpha value is -2.95. The molecule has 1 unspecified atom stereocenters. The molecule has 4 rings (SSSR count). The Balaban J connectivity index is 1.59. The summed E-state index contributed by atoms with van der Waals surface area (Å²) in [6.45, 7) is 3.30. The zero-order chi connectivity index (χ0) is 17.2. The second-order valence-corrected chi connectivity index (χ2v) is 6.41. The summed E-state index contributed by atoms with van der Waals surface area (Å²) in [6.07, 6.45) is 4.33. The van der Waals surface area contributed by atoms with Gasteiger partial charge in [0.1, 0.15) is 0 Å². The summed E-state index contributed by atoms with van der Waals surface area (Å²) in [5.74, 6) is 0.0257. The monoisotopic (exact) mass is 332 g/mol. The van der Waals surface area contributed by atoms with Crippen molar-refractivity contribution in [1.29, 1.82) is 0 Å². The third kappa shape index (κ3) is 2.93. The number of aromatic amines is 1. The second-order valence-electron chi connectivity index (χ2n) is 6.41. The number of carbonyl (C=O) groups is 1. The van der Waals surface area contributed by atoms with Gasteiger partial charge in [-0.25, -0.2) is 0 Å². The number of rotatable bonds is 3. The van der Waals surface area contributed by atoms with Crippen molar-refractivity contribution in [2.24, 2.45) is 0 Å². The minimum absolute atomic E-state index is 0.140. The molecule has 126 valence electrons. The molecule has 3 heterocycles. The third-order valence-corrected chi connectivity index (χ3v) is 4.87. The molecule has 1 aromatic carbocycles. The number of fused-ring (bicyclic) bond motifs is 1. The highest BCUT2D eigenvalue weighted by molar-refractivity contribution is 5.84. The molecule has 0 fully saturated rings. The first-order valence-corrected chi connectivity index (χ1v) is 8.54. The standard InChI is InChI=1S/C20H20N4O/c1-14(15-5-3-2-4-6-15)20(25)24-12-9-18-17(13-24)19(23-22-18)16-7-10-21-11-8-16/h2-8,10-11,14H,9,12-13H2,1H3,(H,22,23). The maximum Gasteiger partial charge on any atom is 0.230 e. The molecule has 3 aromatic rings. The van der Waals surface area contributed by atoms with E-state index in [9.17, 15) is 4.79 Å². The highest BCUT2D eigenvalue weighted by atomic mass is 16.2. The molecule has 1 atom stereocenters. The largest absolute Gasteiger partial charge is 0.337 e. The number of benzene rings is 1. The lowest BCUT2D eigenvalue weighted by Gasteiger charge is -2.29. The van der Waals surface area contributed by atoms with Crippen molar-refractivity contribution in [3.05, 3.63) is 71.7 Å². The number of nitrogens with one attached hydrogen (secondary N) is 1. The smallest absolute Gasteiger partial charge is 0.230 e. The maximum atomic E-state index is 13.0. The summed E-state index contributed by atoms with van der Waals surface area (Å²) < 4.78 is 0. The molecule has 0 spiro atoms. The van der Waals surface area contributed by atoms with Crippen molar-refractivity contribution >= 4 is 5.91 Å². The number of nitrogens with zero attached hydrogens (tertiary/aromatic N) is 3. The molecule has 1 aliphatic rings. The van der Waals surface area contributed by atoms with Gasteiger partial charge in [0.15, 0.2) is 0 Å². The Morgan fingerprint density at radius 2 is 1.92 bits per heavy atom. The molecule has 1 aliphatic heterocycles. The van der Waals surface area contributed by atoms with Crippen molar-refractivity contribution in [2.75, 3.05) is 6.54 Å². The van der Waals surface area contributed by atoms with Gasteiger partial charge in [-0.15, -0.1) is 0 Å². The molecular weight excluding hydrogens is 312 g/mol. The predicted molar refractivity (Wildman–Crippen MR) is 95.8 cm³/mol. The zero-order valence-electron chi connectivity index (χ0n) is 14.1. The maximum absolute atomic E-state index is 13.0. The van der Waals surface area contributed by atoms with Gasteiger partial charge in [-0.2, -0.15) is 5.10 Å². The van der Waals surface area contributed by atoms with E-state index in [2.05, 4.69) is 15.2 Å². The van der Waals surface area contributed by atoms with Crippen molar-refractivity contribution in [1.82, 2.24) is 20.1 Å². The van der Waals surface area contributed by atoms with Gasteiger partial charge in [-0.1, -0.05) is 30.3 Å².